The van der Waals surface area contributed by atoms with Crippen molar-refractivity contribution in [3.05, 3.63) is 41.9 Å². The van der Waals surface area contributed by atoms with Crippen molar-refractivity contribution in [2.75, 3.05) is 36.0 Å². The minimum Gasteiger partial charge on any atom is -0.353 e. The molecule has 0 spiro atoms. The summed E-state index contributed by atoms with van der Waals surface area (Å²) in [5.41, 5.74) is 1.28. The molecule has 0 amide bonds. The van der Waals surface area contributed by atoms with Crippen molar-refractivity contribution in [3.8, 4) is 0 Å². The zero-order valence-corrected chi connectivity index (χ0v) is 14.6. The number of anilines is 2. The fourth-order valence-corrected chi connectivity index (χ4v) is 3.42. The van der Waals surface area contributed by atoms with Gasteiger partial charge in [0.15, 0.2) is 17.3 Å². The van der Waals surface area contributed by atoms with Crippen LogP contribution in [0, 0.1) is 12.7 Å². The molecule has 2 aliphatic rings. The molecule has 7 nitrogen and oxygen atoms in total. The molecule has 0 N–H and O–H groups in total. The average molecular weight is 353 g/mol. The minimum absolute atomic E-state index is 0.290. The Morgan fingerprint density at radius 1 is 1.00 bits per heavy atom. The van der Waals surface area contributed by atoms with Crippen molar-refractivity contribution < 1.29 is 4.39 Å². The molecule has 134 valence electrons. The lowest BCUT2D eigenvalue weighted by Gasteiger charge is -2.36. The SMILES string of the molecule is Cc1nc(C2CC2)nc(N2CCN(c3ccn4nccc4n3)CC2)c1F. The predicted molar refractivity (Wildman–Crippen MR) is 96.1 cm³/mol. The topological polar surface area (TPSA) is 62.5 Å². The summed E-state index contributed by atoms with van der Waals surface area (Å²) in [6.45, 7) is 4.71. The van der Waals surface area contributed by atoms with E-state index in [9.17, 15) is 4.39 Å². The Morgan fingerprint density at radius 2 is 1.77 bits per heavy atom. The summed E-state index contributed by atoms with van der Waals surface area (Å²) in [7, 11) is 0. The second-order valence-electron chi connectivity index (χ2n) is 6.97. The summed E-state index contributed by atoms with van der Waals surface area (Å²) in [5.74, 6) is 2.31. The van der Waals surface area contributed by atoms with E-state index in [0.29, 0.717) is 30.5 Å². The van der Waals surface area contributed by atoms with Crippen molar-refractivity contribution in [3.63, 3.8) is 0 Å². The number of fused-ring (bicyclic) bond motifs is 1. The zero-order valence-electron chi connectivity index (χ0n) is 14.6. The number of halogens is 1. The third-order valence-corrected chi connectivity index (χ3v) is 5.11. The van der Waals surface area contributed by atoms with Crippen LogP contribution in [0.25, 0.3) is 5.65 Å². The van der Waals surface area contributed by atoms with Gasteiger partial charge in [0.2, 0.25) is 0 Å². The van der Waals surface area contributed by atoms with Crippen molar-refractivity contribution in [1.82, 2.24) is 24.6 Å². The van der Waals surface area contributed by atoms with E-state index in [2.05, 4.69) is 25.0 Å². The number of piperazine rings is 1. The Kier molecular flexibility index (Phi) is 3.51. The Hall–Kier alpha value is -2.77. The molecular formula is C18H20FN7. The van der Waals surface area contributed by atoms with Crippen molar-refractivity contribution in [1.29, 1.82) is 0 Å². The zero-order chi connectivity index (χ0) is 17.7. The third kappa shape index (κ3) is 2.65. The first-order valence-electron chi connectivity index (χ1n) is 9.03. The maximum atomic E-state index is 14.6. The molecule has 0 bridgehead atoms. The molecule has 3 aromatic heterocycles. The van der Waals surface area contributed by atoms with Gasteiger partial charge in [-0.15, -0.1) is 0 Å². The predicted octanol–water partition coefficient (Wildman–Crippen LogP) is 2.17. The number of nitrogens with zero attached hydrogens (tertiary/aromatic N) is 7. The van der Waals surface area contributed by atoms with Crippen molar-refractivity contribution in [2.45, 2.75) is 25.7 Å². The van der Waals surface area contributed by atoms with Crippen molar-refractivity contribution in [2.24, 2.45) is 0 Å². The summed E-state index contributed by atoms with van der Waals surface area (Å²) in [5, 5.41) is 4.17. The van der Waals surface area contributed by atoms with Gasteiger partial charge in [0.25, 0.3) is 0 Å². The molecule has 26 heavy (non-hydrogen) atoms. The fraction of sp³-hybridized carbons (Fsp3) is 0.444. The maximum Gasteiger partial charge on any atom is 0.186 e. The first-order chi connectivity index (χ1) is 12.7. The highest BCUT2D eigenvalue weighted by Gasteiger charge is 2.30. The van der Waals surface area contributed by atoms with Crippen LogP contribution < -0.4 is 9.80 Å². The number of hydrogen-bond acceptors (Lipinski definition) is 6. The summed E-state index contributed by atoms with van der Waals surface area (Å²) in [6, 6.07) is 3.86. The molecule has 1 aliphatic carbocycles. The van der Waals surface area contributed by atoms with Gasteiger partial charge >= 0.3 is 0 Å². The van der Waals surface area contributed by atoms with Gasteiger partial charge in [-0.05, 0) is 25.8 Å². The third-order valence-electron chi connectivity index (χ3n) is 5.11. The van der Waals surface area contributed by atoms with Crippen LogP contribution in [0.5, 0.6) is 0 Å². The molecule has 0 radical (unpaired) electrons. The van der Waals surface area contributed by atoms with Gasteiger partial charge in [-0.25, -0.2) is 23.9 Å². The number of aryl methyl sites for hydroxylation is 1. The molecule has 4 heterocycles. The standard InChI is InChI=1S/C18H20FN7/c1-12-16(19)18(23-17(21-12)13-2-3-13)25-10-8-24(9-11-25)14-5-7-26-15(22-14)4-6-20-26/h4-7,13H,2-3,8-11H2,1H3. The monoisotopic (exact) mass is 353 g/mol. The van der Waals surface area contributed by atoms with Gasteiger partial charge in [-0.2, -0.15) is 5.10 Å². The van der Waals surface area contributed by atoms with Crippen molar-refractivity contribution >= 4 is 17.3 Å². The van der Waals surface area contributed by atoms with Crippen LogP contribution in [-0.2, 0) is 0 Å². The van der Waals surface area contributed by atoms with E-state index in [1.807, 2.05) is 23.2 Å². The molecule has 0 unspecified atom stereocenters. The fourth-order valence-electron chi connectivity index (χ4n) is 3.42. The molecule has 3 aromatic rings. The lowest BCUT2D eigenvalue weighted by atomic mass is 10.2. The lowest BCUT2D eigenvalue weighted by molar-refractivity contribution is 0.568. The minimum atomic E-state index is -0.290. The van der Waals surface area contributed by atoms with Gasteiger partial charge in [0.1, 0.15) is 11.6 Å². The molecule has 1 saturated carbocycles. The van der Waals surface area contributed by atoms with Gasteiger partial charge in [0.05, 0.1) is 11.9 Å². The highest BCUT2D eigenvalue weighted by molar-refractivity contribution is 5.50. The van der Waals surface area contributed by atoms with Crippen LogP contribution >= 0.6 is 0 Å². The van der Waals surface area contributed by atoms with E-state index in [1.54, 1.807) is 17.6 Å². The highest BCUT2D eigenvalue weighted by Crippen LogP contribution is 2.39. The summed E-state index contributed by atoms with van der Waals surface area (Å²) < 4.78 is 16.4. The average Bonchev–Trinajstić information content (AvgIpc) is 3.41. The normalized spacial score (nSPS) is 17.9. The van der Waals surface area contributed by atoms with Crippen LogP contribution in [0.3, 0.4) is 0 Å². The van der Waals surface area contributed by atoms with E-state index < -0.39 is 0 Å². The molecule has 0 atom stereocenters. The second-order valence-corrected chi connectivity index (χ2v) is 6.97. The molecule has 5 rings (SSSR count). The first-order valence-corrected chi connectivity index (χ1v) is 9.03. The quantitative estimate of drug-likeness (QED) is 0.719. The van der Waals surface area contributed by atoms with E-state index in [0.717, 1.165) is 43.2 Å². The summed E-state index contributed by atoms with van der Waals surface area (Å²) in [4.78, 5) is 17.8. The molecule has 1 aliphatic heterocycles. The highest BCUT2D eigenvalue weighted by atomic mass is 19.1. The largest absolute Gasteiger partial charge is 0.353 e. The van der Waals surface area contributed by atoms with Gasteiger partial charge in [-0.1, -0.05) is 0 Å². The van der Waals surface area contributed by atoms with E-state index in [4.69, 9.17) is 0 Å². The Balaban J connectivity index is 1.35. The summed E-state index contributed by atoms with van der Waals surface area (Å²) >= 11 is 0. The smallest absolute Gasteiger partial charge is 0.186 e. The first kappa shape index (κ1) is 15.5. The van der Waals surface area contributed by atoms with E-state index in [-0.39, 0.29) is 5.82 Å². The molecule has 0 aromatic carbocycles. The van der Waals surface area contributed by atoms with E-state index >= 15 is 0 Å². The van der Waals surface area contributed by atoms with Crippen LogP contribution in [-0.4, -0.2) is 50.7 Å². The molecule has 1 saturated heterocycles. The Morgan fingerprint density at radius 3 is 2.54 bits per heavy atom. The molecule has 8 heteroatoms. The van der Waals surface area contributed by atoms with Gasteiger partial charge in [0, 0.05) is 44.4 Å². The number of rotatable bonds is 3. The van der Waals surface area contributed by atoms with Crippen LogP contribution in [0.4, 0.5) is 16.0 Å². The summed E-state index contributed by atoms with van der Waals surface area (Å²) in [6.07, 6.45) is 5.88. The van der Waals surface area contributed by atoms with Gasteiger partial charge < -0.3 is 9.80 Å². The number of hydrogen-bond donors (Lipinski definition) is 0. The van der Waals surface area contributed by atoms with E-state index in [1.165, 1.54) is 0 Å². The maximum absolute atomic E-state index is 14.6. The molecular weight excluding hydrogens is 333 g/mol. The second kappa shape index (κ2) is 5.89. The van der Waals surface area contributed by atoms with Crippen LogP contribution in [0.1, 0.15) is 30.3 Å². The Labute approximate surface area is 150 Å². The number of aromatic nitrogens is 5. The Bertz CT molecular complexity index is 957. The lowest BCUT2D eigenvalue weighted by Crippen LogP contribution is -2.47. The van der Waals surface area contributed by atoms with Crippen LogP contribution in [0.2, 0.25) is 0 Å². The van der Waals surface area contributed by atoms with Gasteiger partial charge in [-0.3, -0.25) is 0 Å². The molecule has 2 fully saturated rings. The van der Waals surface area contributed by atoms with Crippen LogP contribution in [0.15, 0.2) is 24.5 Å².